The molecule has 1 saturated heterocycles. The Balaban J connectivity index is 1.64. The van der Waals surface area contributed by atoms with Gasteiger partial charge in [0.1, 0.15) is 0 Å². The average molecular weight is 337 g/mol. The number of carbonyl (C=O) groups is 2. The zero-order chi connectivity index (χ0) is 17.5. The quantitative estimate of drug-likeness (QED) is 0.868. The van der Waals surface area contributed by atoms with Crippen LogP contribution in [0.15, 0.2) is 54.7 Å². The van der Waals surface area contributed by atoms with E-state index in [0.717, 1.165) is 0 Å². The van der Waals surface area contributed by atoms with Crippen molar-refractivity contribution in [2.75, 3.05) is 31.6 Å². The lowest BCUT2D eigenvalue weighted by Gasteiger charge is -2.27. The predicted molar refractivity (Wildman–Crippen MR) is 95.1 cm³/mol. The van der Waals surface area contributed by atoms with Crippen LogP contribution in [-0.2, 0) is 9.53 Å². The number of hydrogen-bond acceptors (Lipinski definition) is 4. The van der Waals surface area contributed by atoms with E-state index in [1.165, 1.54) is 6.08 Å². The number of benzene rings is 1. The second-order valence-corrected chi connectivity index (χ2v) is 5.56. The summed E-state index contributed by atoms with van der Waals surface area (Å²) in [5.74, 6) is -0.329. The second-order valence-electron chi connectivity index (χ2n) is 5.56. The Bertz CT molecular complexity index is 768. The van der Waals surface area contributed by atoms with E-state index in [1.807, 2.05) is 18.2 Å². The van der Waals surface area contributed by atoms with E-state index in [0.29, 0.717) is 43.2 Å². The molecular weight excluding hydrogens is 318 g/mol. The molecule has 1 aliphatic heterocycles. The van der Waals surface area contributed by atoms with Gasteiger partial charge in [-0.15, -0.1) is 0 Å². The number of anilines is 1. The number of nitrogens with one attached hydrogen (secondary N) is 1. The van der Waals surface area contributed by atoms with E-state index in [2.05, 4.69) is 10.3 Å². The lowest BCUT2D eigenvalue weighted by Crippen LogP contribution is -2.40. The highest BCUT2D eigenvalue weighted by Gasteiger charge is 2.18. The Hall–Kier alpha value is -2.99. The largest absolute Gasteiger partial charge is 0.378 e. The number of nitrogens with zero attached hydrogens (tertiary/aromatic N) is 2. The van der Waals surface area contributed by atoms with Crippen LogP contribution < -0.4 is 5.32 Å². The van der Waals surface area contributed by atoms with Gasteiger partial charge in [0, 0.05) is 36.6 Å². The summed E-state index contributed by atoms with van der Waals surface area (Å²) in [5, 5.41) is 2.76. The van der Waals surface area contributed by atoms with Crippen LogP contribution in [0.4, 0.5) is 5.69 Å². The topological polar surface area (TPSA) is 71.5 Å². The fourth-order valence-corrected chi connectivity index (χ4v) is 2.50. The van der Waals surface area contributed by atoms with Gasteiger partial charge in [0.15, 0.2) is 0 Å². The van der Waals surface area contributed by atoms with Crippen molar-refractivity contribution in [1.82, 2.24) is 9.88 Å². The van der Waals surface area contributed by atoms with Crippen LogP contribution in [0.1, 0.15) is 16.1 Å². The molecule has 1 aromatic carbocycles. The molecule has 1 fully saturated rings. The first-order chi connectivity index (χ1) is 12.2. The maximum Gasteiger partial charge on any atom is 0.254 e. The monoisotopic (exact) mass is 337 g/mol. The molecule has 3 rings (SSSR count). The van der Waals surface area contributed by atoms with Gasteiger partial charge in [0.25, 0.3) is 5.91 Å². The molecule has 6 heteroatoms. The number of morpholine rings is 1. The van der Waals surface area contributed by atoms with Crippen LogP contribution in [0.2, 0.25) is 0 Å². The molecule has 6 nitrogen and oxygen atoms in total. The van der Waals surface area contributed by atoms with Gasteiger partial charge in [0.05, 0.1) is 18.9 Å². The van der Waals surface area contributed by atoms with E-state index < -0.39 is 0 Å². The first kappa shape index (κ1) is 16.9. The first-order valence-electron chi connectivity index (χ1n) is 8.09. The first-order valence-corrected chi connectivity index (χ1v) is 8.09. The fourth-order valence-electron chi connectivity index (χ4n) is 2.50. The zero-order valence-electron chi connectivity index (χ0n) is 13.7. The van der Waals surface area contributed by atoms with Crippen LogP contribution in [-0.4, -0.2) is 48.0 Å². The van der Waals surface area contributed by atoms with Gasteiger partial charge in [-0.25, -0.2) is 0 Å². The van der Waals surface area contributed by atoms with Crippen molar-refractivity contribution in [3.63, 3.8) is 0 Å². The third-order valence-corrected chi connectivity index (χ3v) is 3.77. The summed E-state index contributed by atoms with van der Waals surface area (Å²) in [6, 6.07) is 12.4. The van der Waals surface area contributed by atoms with Gasteiger partial charge in [-0.05, 0) is 36.4 Å². The average Bonchev–Trinajstić information content (AvgIpc) is 2.67. The molecule has 128 valence electrons. The minimum atomic E-state index is -0.276. The summed E-state index contributed by atoms with van der Waals surface area (Å²) in [6.45, 7) is 2.28. The lowest BCUT2D eigenvalue weighted by atomic mass is 10.1. The van der Waals surface area contributed by atoms with Gasteiger partial charge in [-0.1, -0.05) is 12.1 Å². The molecule has 0 bridgehead atoms. The van der Waals surface area contributed by atoms with Gasteiger partial charge >= 0.3 is 0 Å². The summed E-state index contributed by atoms with van der Waals surface area (Å²) in [5.41, 5.74) is 1.83. The van der Waals surface area contributed by atoms with Crippen molar-refractivity contribution in [3.8, 4) is 0 Å². The molecule has 0 unspecified atom stereocenters. The fraction of sp³-hybridized carbons (Fsp3) is 0.211. The number of rotatable bonds is 4. The number of ether oxygens (including phenoxy) is 1. The zero-order valence-corrected chi connectivity index (χ0v) is 13.7. The molecule has 1 aromatic heterocycles. The highest BCUT2D eigenvalue weighted by Crippen LogP contribution is 2.14. The summed E-state index contributed by atoms with van der Waals surface area (Å²) in [6.07, 6.45) is 4.72. The Morgan fingerprint density at radius 2 is 1.96 bits per heavy atom. The van der Waals surface area contributed by atoms with Gasteiger partial charge < -0.3 is 15.0 Å². The smallest absolute Gasteiger partial charge is 0.254 e. The van der Waals surface area contributed by atoms with Crippen molar-refractivity contribution < 1.29 is 14.3 Å². The highest BCUT2D eigenvalue weighted by molar-refractivity contribution is 6.03. The van der Waals surface area contributed by atoms with Gasteiger partial charge in [-0.2, -0.15) is 0 Å². The van der Waals surface area contributed by atoms with Crippen LogP contribution in [0.25, 0.3) is 6.08 Å². The van der Waals surface area contributed by atoms with E-state index in [9.17, 15) is 9.59 Å². The van der Waals surface area contributed by atoms with Crippen molar-refractivity contribution >= 4 is 23.6 Å². The number of aromatic nitrogens is 1. The minimum absolute atomic E-state index is 0.0524. The highest BCUT2D eigenvalue weighted by atomic mass is 16.5. The van der Waals surface area contributed by atoms with Crippen molar-refractivity contribution in [2.45, 2.75) is 0 Å². The molecule has 1 aliphatic rings. The SMILES string of the molecule is O=C(/C=C/c1ccccn1)Nc1cccc(C(=O)N2CCOCC2)c1. The number of carbonyl (C=O) groups excluding carboxylic acids is 2. The molecule has 0 radical (unpaired) electrons. The van der Waals surface area contributed by atoms with E-state index in [4.69, 9.17) is 4.74 Å². The minimum Gasteiger partial charge on any atom is -0.378 e. The lowest BCUT2D eigenvalue weighted by molar-refractivity contribution is -0.111. The molecule has 0 atom stereocenters. The summed E-state index contributed by atoms with van der Waals surface area (Å²) >= 11 is 0. The number of hydrogen-bond donors (Lipinski definition) is 1. The molecule has 2 amide bonds. The molecule has 0 saturated carbocycles. The van der Waals surface area contributed by atoms with Crippen LogP contribution in [0.3, 0.4) is 0 Å². The molecular formula is C19H19N3O3. The standard InChI is InChI=1S/C19H19N3O3/c23-18(8-7-16-5-1-2-9-20-16)21-17-6-3-4-15(14-17)19(24)22-10-12-25-13-11-22/h1-9,14H,10-13H2,(H,21,23)/b8-7+. The Labute approximate surface area is 146 Å². The van der Waals surface area contributed by atoms with Crippen LogP contribution >= 0.6 is 0 Å². The van der Waals surface area contributed by atoms with Crippen molar-refractivity contribution in [2.24, 2.45) is 0 Å². The van der Waals surface area contributed by atoms with E-state index in [1.54, 1.807) is 41.4 Å². The molecule has 1 N–H and O–H groups in total. The normalized spacial score (nSPS) is 14.5. The summed E-state index contributed by atoms with van der Waals surface area (Å²) in [4.78, 5) is 30.4. The van der Waals surface area contributed by atoms with Gasteiger partial charge in [-0.3, -0.25) is 14.6 Å². The Kier molecular flexibility index (Phi) is 5.53. The Morgan fingerprint density at radius 3 is 2.72 bits per heavy atom. The molecule has 0 aliphatic carbocycles. The number of amides is 2. The molecule has 2 aromatic rings. The van der Waals surface area contributed by atoms with Crippen molar-refractivity contribution in [3.05, 3.63) is 66.0 Å². The van der Waals surface area contributed by atoms with E-state index in [-0.39, 0.29) is 11.8 Å². The third-order valence-electron chi connectivity index (χ3n) is 3.77. The number of pyridine rings is 1. The predicted octanol–water partition coefficient (Wildman–Crippen LogP) is 2.21. The summed E-state index contributed by atoms with van der Waals surface area (Å²) in [7, 11) is 0. The second kappa shape index (κ2) is 8.21. The van der Waals surface area contributed by atoms with Crippen LogP contribution in [0, 0.1) is 0 Å². The van der Waals surface area contributed by atoms with Gasteiger partial charge in [0.2, 0.25) is 5.91 Å². The molecule has 2 heterocycles. The maximum absolute atomic E-state index is 12.5. The molecule has 0 spiro atoms. The van der Waals surface area contributed by atoms with E-state index >= 15 is 0 Å². The third kappa shape index (κ3) is 4.74. The molecule has 25 heavy (non-hydrogen) atoms. The van der Waals surface area contributed by atoms with Crippen LogP contribution in [0.5, 0.6) is 0 Å². The summed E-state index contributed by atoms with van der Waals surface area (Å²) < 4.78 is 5.26. The maximum atomic E-state index is 12.5. The Morgan fingerprint density at radius 1 is 1.12 bits per heavy atom. The van der Waals surface area contributed by atoms with Crippen molar-refractivity contribution in [1.29, 1.82) is 0 Å².